The number of aliphatic hydroxyl groups is 1. The minimum Gasteiger partial charge on any atom is -0.478 e. The molecule has 1 aromatic rings. The summed E-state index contributed by atoms with van der Waals surface area (Å²) in [5.74, 6) is -0.561. The molecule has 1 saturated carbocycles. The van der Waals surface area contributed by atoms with Crippen LogP contribution in [0.4, 0.5) is 0 Å². The standard InChI is InChI=1S/C17H21NO4/c19-13-9-12(10-13)16(20)18-7-5-11(6-8-18)14-3-1-2-4-15(14)17(21)22/h1-4,11-13,19H,5-10H2,(H,21,22). The van der Waals surface area contributed by atoms with Gasteiger partial charge in [-0.25, -0.2) is 4.79 Å². The van der Waals surface area contributed by atoms with Crippen LogP contribution in [0, 0.1) is 5.92 Å². The Bertz CT molecular complexity index is 572. The fourth-order valence-electron chi connectivity index (χ4n) is 3.51. The lowest BCUT2D eigenvalue weighted by Gasteiger charge is -2.38. The monoisotopic (exact) mass is 303 g/mol. The fourth-order valence-corrected chi connectivity index (χ4v) is 3.51. The highest BCUT2D eigenvalue weighted by molar-refractivity contribution is 5.89. The summed E-state index contributed by atoms with van der Waals surface area (Å²) in [5, 5.41) is 18.6. The van der Waals surface area contributed by atoms with Crippen LogP contribution in [0.1, 0.15) is 47.5 Å². The second-order valence-corrected chi connectivity index (χ2v) is 6.31. The smallest absolute Gasteiger partial charge is 0.335 e. The lowest BCUT2D eigenvalue weighted by atomic mass is 9.80. The van der Waals surface area contributed by atoms with Crippen LogP contribution < -0.4 is 0 Å². The Kier molecular flexibility index (Phi) is 4.16. The van der Waals surface area contributed by atoms with Gasteiger partial charge in [0.05, 0.1) is 11.7 Å². The normalized spacial score (nSPS) is 25.6. The van der Waals surface area contributed by atoms with Crippen LogP contribution in [0.3, 0.4) is 0 Å². The van der Waals surface area contributed by atoms with Crippen molar-refractivity contribution in [2.75, 3.05) is 13.1 Å². The van der Waals surface area contributed by atoms with Crippen molar-refractivity contribution >= 4 is 11.9 Å². The second-order valence-electron chi connectivity index (χ2n) is 6.31. The van der Waals surface area contributed by atoms with Gasteiger partial charge in [0.15, 0.2) is 0 Å². The van der Waals surface area contributed by atoms with Gasteiger partial charge in [-0.2, -0.15) is 0 Å². The second kappa shape index (κ2) is 6.08. The van der Waals surface area contributed by atoms with E-state index in [1.807, 2.05) is 17.0 Å². The molecule has 3 rings (SSSR count). The first-order valence-corrected chi connectivity index (χ1v) is 7.85. The average Bonchev–Trinajstić information content (AvgIpc) is 2.51. The third kappa shape index (κ3) is 2.86. The molecule has 1 aromatic carbocycles. The molecule has 0 atom stereocenters. The van der Waals surface area contributed by atoms with Gasteiger partial charge in [-0.05, 0) is 43.2 Å². The zero-order valence-electron chi connectivity index (χ0n) is 12.4. The molecule has 0 unspecified atom stereocenters. The van der Waals surface area contributed by atoms with E-state index in [-0.39, 0.29) is 23.8 Å². The number of carboxylic acids is 1. The van der Waals surface area contributed by atoms with Gasteiger partial charge in [-0.1, -0.05) is 18.2 Å². The van der Waals surface area contributed by atoms with Crippen molar-refractivity contribution in [3.63, 3.8) is 0 Å². The molecule has 0 radical (unpaired) electrons. The summed E-state index contributed by atoms with van der Waals surface area (Å²) in [7, 11) is 0. The number of carbonyl (C=O) groups excluding carboxylic acids is 1. The number of nitrogens with zero attached hydrogens (tertiary/aromatic N) is 1. The van der Waals surface area contributed by atoms with Gasteiger partial charge in [0.1, 0.15) is 0 Å². The molecule has 1 saturated heterocycles. The number of carbonyl (C=O) groups is 2. The van der Waals surface area contributed by atoms with Crippen LogP contribution in [-0.4, -0.2) is 46.2 Å². The Balaban J connectivity index is 1.62. The van der Waals surface area contributed by atoms with Crippen molar-refractivity contribution in [2.24, 2.45) is 5.92 Å². The Morgan fingerprint density at radius 1 is 1.09 bits per heavy atom. The number of aliphatic hydroxyl groups excluding tert-OH is 1. The van der Waals surface area contributed by atoms with Crippen LogP contribution in [0.2, 0.25) is 0 Å². The highest BCUT2D eigenvalue weighted by Gasteiger charge is 2.37. The van der Waals surface area contributed by atoms with Crippen molar-refractivity contribution in [1.82, 2.24) is 4.90 Å². The maximum atomic E-state index is 12.3. The number of piperidine rings is 1. The Labute approximate surface area is 129 Å². The number of amides is 1. The Morgan fingerprint density at radius 2 is 1.73 bits per heavy atom. The maximum absolute atomic E-state index is 12.3. The molecule has 2 N–H and O–H groups in total. The van der Waals surface area contributed by atoms with Crippen LogP contribution in [-0.2, 0) is 4.79 Å². The summed E-state index contributed by atoms with van der Waals surface area (Å²) in [4.78, 5) is 25.5. The molecule has 2 aliphatic rings. The Morgan fingerprint density at radius 3 is 2.32 bits per heavy atom. The summed E-state index contributed by atoms with van der Waals surface area (Å²) in [6.07, 6.45) is 2.45. The molecule has 118 valence electrons. The largest absolute Gasteiger partial charge is 0.478 e. The van der Waals surface area contributed by atoms with Gasteiger partial charge >= 0.3 is 5.97 Å². The van der Waals surface area contributed by atoms with Gasteiger partial charge in [0.25, 0.3) is 0 Å². The molecular weight excluding hydrogens is 282 g/mol. The summed E-state index contributed by atoms with van der Waals surface area (Å²) < 4.78 is 0. The lowest BCUT2D eigenvalue weighted by Crippen LogP contribution is -2.46. The van der Waals surface area contributed by atoms with E-state index in [4.69, 9.17) is 0 Å². The lowest BCUT2D eigenvalue weighted by molar-refractivity contribution is -0.143. The van der Waals surface area contributed by atoms with Crippen molar-refractivity contribution in [3.05, 3.63) is 35.4 Å². The number of benzene rings is 1. The number of hydrogen-bond donors (Lipinski definition) is 2. The summed E-state index contributed by atoms with van der Waals surface area (Å²) in [6, 6.07) is 7.14. The van der Waals surface area contributed by atoms with Gasteiger partial charge in [-0.3, -0.25) is 4.79 Å². The van der Waals surface area contributed by atoms with E-state index < -0.39 is 5.97 Å². The van der Waals surface area contributed by atoms with Gasteiger partial charge in [0.2, 0.25) is 5.91 Å². The Hall–Kier alpha value is -1.88. The first-order valence-electron chi connectivity index (χ1n) is 7.85. The predicted octanol–water partition coefficient (Wildman–Crippen LogP) is 1.86. The van der Waals surface area contributed by atoms with Crippen molar-refractivity contribution in [1.29, 1.82) is 0 Å². The van der Waals surface area contributed by atoms with Gasteiger partial charge < -0.3 is 15.1 Å². The van der Waals surface area contributed by atoms with Crippen molar-refractivity contribution < 1.29 is 19.8 Å². The highest BCUT2D eigenvalue weighted by atomic mass is 16.4. The summed E-state index contributed by atoms with van der Waals surface area (Å²) in [6.45, 7) is 1.34. The van der Waals surface area contributed by atoms with E-state index in [1.165, 1.54) is 0 Å². The molecular formula is C17H21NO4. The molecule has 5 heteroatoms. The molecule has 1 heterocycles. The number of rotatable bonds is 3. The van der Waals surface area contributed by atoms with Crippen LogP contribution in [0.15, 0.2) is 24.3 Å². The maximum Gasteiger partial charge on any atom is 0.335 e. The summed E-state index contributed by atoms with van der Waals surface area (Å²) >= 11 is 0. The zero-order chi connectivity index (χ0) is 15.7. The van der Waals surface area contributed by atoms with Crippen LogP contribution in [0.25, 0.3) is 0 Å². The number of likely N-dealkylation sites (tertiary alicyclic amines) is 1. The predicted molar refractivity (Wildman–Crippen MR) is 80.7 cm³/mol. The average molecular weight is 303 g/mol. The first kappa shape index (κ1) is 15.0. The van der Waals surface area contributed by atoms with Crippen molar-refractivity contribution in [2.45, 2.75) is 37.7 Å². The van der Waals surface area contributed by atoms with Crippen molar-refractivity contribution in [3.8, 4) is 0 Å². The third-order valence-electron chi connectivity index (χ3n) is 4.90. The molecule has 0 spiro atoms. The van der Waals surface area contributed by atoms with E-state index in [0.29, 0.717) is 31.5 Å². The molecule has 1 aliphatic carbocycles. The van der Waals surface area contributed by atoms with Crippen LogP contribution in [0.5, 0.6) is 0 Å². The van der Waals surface area contributed by atoms with E-state index in [1.54, 1.807) is 12.1 Å². The molecule has 0 bridgehead atoms. The molecule has 5 nitrogen and oxygen atoms in total. The quantitative estimate of drug-likeness (QED) is 0.893. The minimum absolute atomic E-state index is 0.0159. The molecule has 2 fully saturated rings. The number of hydrogen-bond acceptors (Lipinski definition) is 3. The number of aromatic carboxylic acids is 1. The minimum atomic E-state index is -0.891. The summed E-state index contributed by atoms with van der Waals surface area (Å²) in [5.41, 5.74) is 1.25. The molecule has 1 aliphatic heterocycles. The van der Waals surface area contributed by atoms with E-state index in [2.05, 4.69) is 0 Å². The van der Waals surface area contributed by atoms with Gasteiger partial charge in [-0.15, -0.1) is 0 Å². The third-order valence-corrected chi connectivity index (χ3v) is 4.90. The first-order chi connectivity index (χ1) is 10.6. The van der Waals surface area contributed by atoms with E-state index in [9.17, 15) is 19.8 Å². The molecule has 0 aromatic heterocycles. The van der Waals surface area contributed by atoms with E-state index in [0.717, 1.165) is 18.4 Å². The molecule has 22 heavy (non-hydrogen) atoms. The van der Waals surface area contributed by atoms with Crippen LogP contribution >= 0.6 is 0 Å². The van der Waals surface area contributed by atoms with Gasteiger partial charge in [0, 0.05) is 19.0 Å². The topological polar surface area (TPSA) is 77.8 Å². The number of carboxylic acid groups (broad SMARTS) is 1. The highest BCUT2D eigenvalue weighted by Crippen LogP contribution is 2.34. The fraction of sp³-hybridized carbons (Fsp3) is 0.529. The SMILES string of the molecule is O=C(O)c1ccccc1C1CCN(C(=O)C2CC(O)C2)CC1. The molecule has 1 amide bonds. The van der Waals surface area contributed by atoms with E-state index >= 15 is 0 Å². The zero-order valence-corrected chi connectivity index (χ0v) is 12.4.